The van der Waals surface area contributed by atoms with Gasteiger partial charge in [0.05, 0.1) is 11.1 Å². The molecule has 13 aromatic rings. The second-order valence-electron chi connectivity index (χ2n) is 18.3. The zero-order valence-electron chi connectivity index (χ0n) is 36.4. The first kappa shape index (κ1) is 37.0. The molecule has 0 unspecified atom stereocenters. The number of nitrogens with zero attached hydrogens (tertiary/aromatic N) is 1. The summed E-state index contributed by atoms with van der Waals surface area (Å²) in [7, 11) is 0. The molecule has 1 aromatic heterocycles. The third-order valence-electron chi connectivity index (χ3n) is 15.0. The highest BCUT2D eigenvalue weighted by atomic mass is 32.1. The Balaban J connectivity index is 1.11. The Kier molecular flexibility index (Phi) is 7.65. The van der Waals surface area contributed by atoms with Crippen LogP contribution >= 0.6 is 11.3 Å². The summed E-state index contributed by atoms with van der Waals surface area (Å²) < 4.78 is 2.60. The lowest BCUT2D eigenvalue weighted by Crippen LogP contribution is -2.26. The van der Waals surface area contributed by atoms with Gasteiger partial charge in [-0.1, -0.05) is 194 Å². The van der Waals surface area contributed by atoms with Crippen molar-refractivity contribution in [2.24, 2.45) is 0 Å². The molecule has 1 spiro atoms. The van der Waals surface area contributed by atoms with E-state index in [2.05, 4.69) is 241 Å². The number of hydrogen-bond donors (Lipinski definition) is 0. The number of benzene rings is 12. The molecule has 15 rings (SSSR count). The average molecular weight is 866 g/mol. The number of anilines is 3. The highest BCUT2D eigenvalue weighted by molar-refractivity contribution is 7.26. The molecule has 310 valence electrons. The van der Waals surface area contributed by atoms with Gasteiger partial charge in [-0.2, -0.15) is 0 Å². The maximum atomic E-state index is 2.59. The van der Waals surface area contributed by atoms with Crippen LogP contribution in [0.3, 0.4) is 0 Å². The van der Waals surface area contributed by atoms with Crippen LogP contribution in [-0.2, 0) is 5.41 Å². The third kappa shape index (κ3) is 5.03. The van der Waals surface area contributed by atoms with Crippen LogP contribution in [0.4, 0.5) is 17.1 Å². The molecule has 0 aliphatic heterocycles. The van der Waals surface area contributed by atoms with Crippen molar-refractivity contribution in [3.05, 3.63) is 259 Å². The van der Waals surface area contributed by atoms with Crippen molar-refractivity contribution in [3.8, 4) is 33.4 Å². The van der Waals surface area contributed by atoms with E-state index in [1.807, 2.05) is 11.3 Å². The van der Waals surface area contributed by atoms with Gasteiger partial charge in [-0.05, 0) is 130 Å². The third-order valence-corrected chi connectivity index (χ3v) is 16.2. The Labute approximate surface area is 392 Å². The SMILES string of the molecule is c1ccc2c(c1)-c1ccccc1C21c2ccccc2-c2cc(-c3cccc4c3sc3ccccc34)c(N(c3ccc4ccccc4c3)c3ccc4c5ccccc5c5ccccc5c4c3)cc21. The fourth-order valence-electron chi connectivity index (χ4n) is 12.3. The summed E-state index contributed by atoms with van der Waals surface area (Å²) >= 11 is 1.90. The lowest BCUT2D eigenvalue weighted by Gasteiger charge is -2.33. The van der Waals surface area contributed by atoms with Crippen LogP contribution in [0, 0.1) is 0 Å². The minimum absolute atomic E-state index is 0.510. The van der Waals surface area contributed by atoms with Gasteiger partial charge in [0, 0.05) is 42.7 Å². The molecule has 0 saturated heterocycles. The van der Waals surface area contributed by atoms with E-state index < -0.39 is 5.41 Å². The minimum Gasteiger partial charge on any atom is -0.310 e. The van der Waals surface area contributed by atoms with Crippen LogP contribution in [0.5, 0.6) is 0 Å². The summed E-state index contributed by atoms with van der Waals surface area (Å²) in [6.07, 6.45) is 0. The van der Waals surface area contributed by atoms with E-state index in [1.54, 1.807) is 0 Å². The molecular formula is C65H39NS. The normalized spacial score (nSPS) is 13.2. The van der Waals surface area contributed by atoms with Gasteiger partial charge in [-0.3, -0.25) is 0 Å². The number of thiophene rings is 1. The Morgan fingerprint density at radius 2 is 0.776 bits per heavy atom. The zero-order valence-corrected chi connectivity index (χ0v) is 37.2. The molecule has 1 heterocycles. The fraction of sp³-hybridized carbons (Fsp3) is 0.0154. The molecule has 0 atom stereocenters. The summed E-state index contributed by atoms with van der Waals surface area (Å²) in [4.78, 5) is 2.57. The highest BCUT2D eigenvalue weighted by Crippen LogP contribution is 2.64. The minimum atomic E-state index is -0.510. The quantitative estimate of drug-likeness (QED) is 0.159. The van der Waals surface area contributed by atoms with E-state index in [9.17, 15) is 0 Å². The van der Waals surface area contributed by atoms with Gasteiger partial charge in [0.25, 0.3) is 0 Å². The predicted octanol–water partition coefficient (Wildman–Crippen LogP) is 18.1. The smallest absolute Gasteiger partial charge is 0.0726 e. The van der Waals surface area contributed by atoms with Gasteiger partial charge in [-0.25, -0.2) is 0 Å². The first-order valence-corrected chi connectivity index (χ1v) is 24.1. The molecule has 0 N–H and O–H groups in total. The summed E-state index contributed by atoms with van der Waals surface area (Å²) in [5.41, 5.74) is 15.9. The number of rotatable bonds is 4. The van der Waals surface area contributed by atoms with E-state index in [4.69, 9.17) is 0 Å². The number of hydrogen-bond acceptors (Lipinski definition) is 2. The first-order valence-electron chi connectivity index (χ1n) is 23.2. The Hall–Kier alpha value is -8.30. The van der Waals surface area contributed by atoms with Crippen LogP contribution in [0.2, 0.25) is 0 Å². The van der Waals surface area contributed by atoms with Crippen LogP contribution in [-0.4, -0.2) is 0 Å². The van der Waals surface area contributed by atoms with Gasteiger partial charge < -0.3 is 4.90 Å². The van der Waals surface area contributed by atoms with Crippen molar-refractivity contribution < 1.29 is 0 Å². The lowest BCUT2D eigenvalue weighted by molar-refractivity contribution is 0.794. The summed E-state index contributed by atoms with van der Waals surface area (Å²) in [5, 5.41) is 12.6. The Morgan fingerprint density at radius 1 is 0.284 bits per heavy atom. The number of fused-ring (bicyclic) bond motifs is 20. The van der Waals surface area contributed by atoms with Crippen molar-refractivity contribution in [1.82, 2.24) is 0 Å². The van der Waals surface area contributed by atoms with Crippen LogP contribution in [0.25, 0.3) is 96.6 Å². The first-order chi connectivity index (χ1) is 33.2. The van der Waals surface area contributed by atoms with Crippen molar-refractivity contribution >= 4 is 91.7 Å². The zero-order chi connectivity index (χ0) is 43.8. The monoisotopic (exact) mass is 865 g/mol. The summed E-state index contributed by atoms with van der Waals surface area (Å²) in [6.45, 7) is 0. The molecule has 2 aliphatic carbocycles. The molecule has 2 heteroatoms. The van der Waals surface area contributed by atoms with Gasteiger partial charge >= 0.3 is 0 Å². The molecule has 67 heavy (non-hydrogen) atoms. The van der Waals surface area contributed by atoms with Crippen LogP contribution in [0.15, 0.2) is 237 Å². The summed E-state index contributed by atoms with van der Waals surface area (Å²) in [5.74, 6) is 0. The standard InChI is InChI=1S/C65H39NS/c1-2-17-41-36-42(33-32-40(41)16-1)66(43-34-35-48-46-20-4-3-18-44(46)45-19-5-6-21-47(45)55(48)37-43)62-39-61-56(38-57(62)54-27-15-26-53-52-25-10-14-31-63(52)67-64(53)54)51-24-9-13-30-60(51)65(61)58-28-11-7-22-49(58)50-23-8-12-29-59(50)65/h1-39H. The maximum Gasteiger partial charge on any atom is 0.0726 e. The molecular weight excluding hydrogens is 827 g/mol. The second kappa shape index (κ2) is 13.9. The molecule has 0 radical (unpaired) electrons. The van der Waals surface area contributed by atoms with E-state index in [0.717, 1.165) is 17.1 Å². The van der Waals surface area contributed by atoms with Gasteiger partial charge in [0.15, 0.2) is 0 Å². The average Bonchev–Trinajstić information content (AvgIpc) is 4.03. The van der Waals surface area contributed by atoms with Gasteiger partial charge in [-0.15, -0.1) is 11.3 Å². The molecule has 1 nitrogen and oxygen atoms in total. The van der Waals surface area contributed by atoms with Crippen molar-refractivity contribution in [2.45, 2.75) is 5.41 Å². The molecule has 0 bridgehead atoms. The molecule has 0 amide bonds. The molecule has 2 aliphatic rings. The topological polar surface area (TPSA) is 3.24 Å². The van der Waals surface area contributed by atoms with E-state index >= 15 is 0 Å². The Bertz CT molecular complexity index is 4170. The van der Waals surface area contributed by atoms with Crippen LogP contribution < -0.4 is 4.90 Å². The highest BCUT2D eigenvalue weighted by Gasteiger charge is 2.52. The van der Waals surface area contributed by atoms with Crippen molar-refractivity contribution in [1.29, 1.82) is 0 Å². The van der Waals surface area contributed by atoms with Crippen molar-refractivity contribution in [2.75, 3.05) is 4.90 Å². The van der Waals surface area contributed by atoms with Crippen LogP contribution in [0.1, 0.15) is 22.3 Å². The molecule has 0 fully saturated rings. The van der Waals surface area contributed by atoms with E-state index in [-0.39, 0.29) is 0 Å². The largest absolute Gasteiger partial charge is 0.310 e. The second-order valence-corrected chi connectivity index (χ2v) is 19.3. The van der Waals surface area contributed by atoms with Crippen molar-refractivity contribution in [3.63, 3.8) is 0 Å². The Morgan fingerprint density at radius 3 is 1.46 bits per heavy atom. The van der Waals surface area contributed by atoms with E-state index in [1.165, 1.54) is 119 Å². The lowest BCUT2D eigenvalue weighted by atomic mass is 9.70. The van der Waals surface area contributed by atoms with E-state index in [0.29, 0.717) is 0 Å². The van der Waals surface area contributed by atoms with Gasteiger partial charge in [0.2, 0.25) is 0 Å². The van der Waals surface area contributed by atoms with Gasteiger partial charge in [0.1, 0.15) is 0 Å². The predicted molar refractivity (Wildman–Crippen MR) is 286 cm³/mol. The fourth-order valence-corrected chi connectivity index (χ4v) is 13.5. The summed E-state index contributed by atoms with van der Waals surface area (Å²) in [6, 6.07) is 89.2. The molecule has 12 aromatic carbocycles. The molecule has 0 saturated carbocycles. The maximum absolute atomic E-state index is 2.59.